The predicted molar refractivity (Wildman–Crippen MR) is 40.7 cm³/mol. The molecule has 1 heterocycles. The van der Waals surface area contributed by atoms with Crippen LogP contribution >= 0.6 is 11.6 Å². The quantitative estimate of drug-likeness (QED) is 0.622. The van der Waals surface area contributed by atoms with Gasteiger partial charge in [0.05, 0.1) is 5.88 Å². The van der Waals surface area contributed by atoms with E-state index in [0.29, 0.717) is 17.5 Å². The third kappa shape index (κ3) is 1.36. The second-order valence-corrected chi connectivity index (χ2v) is 2.26. The van der Waals surface area contributed by atoms with E-state index in [1.54, 1.807) is 6.20 Å². The Labute approximate surface area is 64.2 Å². The van der Waals surface area contributed by atoms with E-state index >= 15 is 0 Å². The molecule has 2 N–H and O–H groups in total. The standard InChI is InChI=1S/C6H8ClN3/c1-4-3-9-5(2-7)10-6(4)8/h3H,2H2,1H3,(H2,8,9,10). The minimum atomic E-state index is 0.310. The van der Waals surface area contributed by atoms with Crippen molar-refractivity contribution in [1.82, 2.24) is 9.97 Å². The Bertz CT molecular complexity index is 236. The highest BCUT2D eigenvalue weighted by Crippen LogP contribution is 2.05. The summed E-state index contributed by atoms with van der Waals surface area (Å²) in [6.45, 7) is 1.85. The zero-order valence-corrected chi connectivity index (χ0v) is 6.39. The number of hydrogen-bond acceptors (Lipinski definition) is 3. The first kappa shape index (κ1) is 7.28. The molecule has 0 spiro atoms. The van der Waals surface area contributed by atoms with Gasteiger partial charge >= 0.3 is 0 Å². The molecular formula is C6H8ClN3. The van der Waals surface area contributed by atoms with Crippen LogP contribution in [0.2, 0.25) is 0 Å². The van der Waals surface area contributed by atoms with Gasteiger partial charge in [0.2, 0.25) is 0 Å². The Kier molecular flexibility index (Phi) is 2.06. The number of halogens is 1. The molecule has 10 heavy (non-hydrogen) atoms. The normalized spacial score (nSPS) is 9.80. The van der Waals surface area contributed by atoms with Crippen LogP contribution in [0.25, 0.3) is 0 Å². The Morgan fingerprint density at radius 3 is 2.90 bits per heavy atom. The first-order chi connectivity index (χ1) is 4.74. The maximum absolute atomic E-state index is 5.49. The predicted octanol–water partition coefficient (Wildman–Crippen LogP) is 1.11. The molecule has 0 aliphatic rings. The molecule has 3 nitrogen and oxygen atoms in total. The van der Waals surface area contributed by atoms with Crippen molar-refractivity contribution in [1.29, 1.82) is 0 Å². The summed E-state index contributed by atoms with van der Waals surface area (Å²) in [5.41, 5.74) is 6.37. The van der Waals surface area contributed by atoms with Crippen LogP contribution in [0, 0.1) is 6.92 Å². The van der Waals surface area contributed by atoms with E-state index in [9.17, 15) is 0 Å². The Balaban J connectivity index is 3.04. The minimum absolute atomic E-state index is 0.310. The highest BCUT2D eigenvalue weighted by Gasteiger charge is 1.96. The molecule has 0 saturated heterocycles. The van der Waals surface area contributed by atoms with Crippen molar-refractivity contribution in [3.05, 3.63) is 17.6 Å². The third-order valence-electron chi connectivity index (χ3n) is 1.18. The van der Waals surface area contributed by atoms with Crippen molar-refractivity contribution in [3.8, 4) is 0 Å². The molecule has 1 aromatic heterocycles. The molecule has 0 fully saturated rings. The van der Waals surface area contributed by atoms with E-state index in [1.165, 1.54) is 0 Å². The number of aromatic nitrogens is 2. The highest BCUT2D eigenvalue weighted by atomic mass is 35.5. The molecule has 1 aromatic rings. The lowest BCUT2D eigenvalue weighted by Gasteiger charge is -1.98. The van der Waals surface area contributed by atoms with E-state index in [1.807, 2.05) is 6.92 Å². The van der Waals surface area contributed by atoms with Crippen molar-refractivity contribution in [2.75, 3.05) is 5.73 Å². The van der Waals surface area contributed by atoms with Crippen molar-refractivity contribution in [2.24, 2.45) is 0 Å². The van der Waals surface area contributed by atoms with Gasteiger partial charge in [0.15, 0.2) is 0 Å². The summed E-state index contributed by atoms with van der Waals surface area (Å²) in [7, 11) is 0. The molecule has 0 aromatic carbocycles. The number of nitrogens with two attached hydrogens (primary N) is 1. The molecule has 0 aliphatic carbocycles. The number of nitrogens with zero attached hydrogens (tertiary/aromatic N) is 2. The monoisotopic (exact) mass is 157 g/mol. The van der Waals surface area contributed by atoms with Gasteiger partial charge in [-0.15, -0.1) is 11.6 Å². The van der Waals surface area contributed by atoms with Crippen molar-refractivity contribution < 1.29 is 0 Å². The second-order valence-electron chi connectivity index (χ2n) is 1.99. The maximum atomic E-state index is 5.49. The molecule has 0 bridgehead atoms. The summed E-state index contributed by atoms with van der Waals surface area (Å²) in [4.78, 5) is 7.86. The van der Waals surface area contributed by atoms with E-state index in [2.05, 4.69) is 9.97 Å². The van der Waals surface area contributed by atoms with Gasteiger partial charge in [-0.3, -0.25) is 0 Å². The number of aryl methyl sites for hydroxylation is 1. The van der Waals surface area contributed by atoms with Crippen molar-refractivity contribution >= 4 is 17.4 Å². The number of alkyl halides is 1. The second kappa shape index (κ2) is 2.84. The maximum Gasteiger partial charge on any atom is 0.145 e. The minimum Gasteiger partial charge on any atom is -0.383 e. The molecular weight excluding hydrogens is 150 g/mol. The fraction of sp³-hybridized carbons (Fsp3) is 0.333. The van der Waals surface area contributed by atoms with Crippen LogP contribution in [0.15, 0.2) is 6.20 Å². The molecule has 0 atom stereocenters. The Morgan fingerprint density at radius 2 is 2.40 bits per heavy atom. The summed E-state index contributed by atoms with van der Waals surface area (Å²) in [5, 5.41) is 0. The number of rotatable bonds is 1. The average molecular weight is 158 g/mol. The highest BCUT2D eigenvalue weighted by molar-refractivity contribution is 6.16. The van der Waals surface area contributed by atoms with Gasteiger partial charge in [0, 0.05) is 11.8 Å². The number of hydrogen-bond donors (Lipinski definition) is 1. The lowest BCUT2D eigenvalue weighted by Crippen LogP contribution is -1.99. The van der Waals surface area contributed by atoms with Crippen molar-refractivity contribution in [2.45, 2.75) is 12.8 Å². The fourth-order valence-corrected chi connectivity index (χ4v) is 0.687. The van der Waals surface area contributed by atoms with E-state index < -0.39 is 0 Å². The number of nitrogen functional groups attached to an aromatic ring is 1. The molecule has 0 unspecified atom stereocenters. The van der Waals surface area contributed by atoms with Gasteiger partial charge in [0.25, 0.3) is 0 Å². The third-order valence-corrected chi connectivity index (χ3v) is 1.42. The summed E-state index contributed by atoms with van der Waals surface area (Å²) >= 11 is 5.47. The van der Waals surface area contributed by atoms with Crippen LogP contribution in [-0.4, -0.2) is 9.97 Å². The lowest BCUT2D eigenvalue weighted by atomic mass is 10.3. The topological polar surface area (TPSA) is 51.8 Å². The van der Waals surface area contributed by atoms with Gasteiger partial charge in [0.1, 0.15) is 11.6 Å². The van der Waals surface area contributed by atoms with Gasteiger partial charge in [-0.1, -0.05) is 0 Å². The fourth-order valence-electron chi connectivity index (χ4n) is 0.558. The van der Waals surface area contributed by atoms with Crippen LogP contribution in [-0.2, 0) is 5.88 Å². The zero-order valence-electron chi connectivity index (χ0n) is 5.63. The van der Waals surface area contributed by atoms with E-state index in [0.717, 1.165) is 5.56 Å². The first-order valence-corrected chi connectivity index (χ1v) is 3.41. The van der Waals surface area contributed by atoms with Gasteiger partial charge in [-0.2, -0.15) is 0 Å². The largest absolute Gasteiger partial charge is 0.383 e. The molecule has 0 saturated carbocycles. The van der Waals surface area contributed by atoms with Gasteiger partial charge in [-0.05, 0) is 6.92 Å². The van der Waals surface area contributed by atoms with Crippen LogP contribution in [0.5, 0.6) is 0 Å². The van der Waals surface area contributed by atoms with Crippen LogP contribution < -0.4 is 5.73 Å². The zero-order chi connectivity index (χ0) is 7.56. The molecule has 0 amide bonds. The van der Waals surface area contributed by atoms with Crippen LogP contribution in [0.4, 0.5) is 5.82 Å². The van der Waals surface area contributed by atoms with Crippen molar-refractivity contribution in [3.63, 3.8) is 0 Å². The summed E-state index contributed by atoms with van der Waals surface area (Å²) < 4.78 is 0. The first-order valence-electron chi connectivity index (χ1n) is 2.88. The van der Waals surface area contributed by atoms with E-state index in [-0.39, 0.29) is 0 Å². The number of anilines is 1. The molecule has 54 valence electrons. The van der Waals surface area contributed by atoms with Crippen LogP contribution in [0.1, 0.15) is 11.4 Å². The lowest BCUT2D eigenvalue weighted by molar-refractivity contribution is 1.02. The summed E-state index contributed by atoms with van der Waals surface area (Å²) in [6.07, 6.45) is 1.67. The van der Waals surface area contributed by atoms with Crippen LogP contribution in [0.3, 0.4) is 0 Å². The summed E-state index contributed by atoms with van der Waals surface area (Å²) in [6, 6.07) is 0. The Hall–Kier alpha value is -0.830. The summed E-state index contributed by atoms with van der Waals surface area (Å²) in [5.74, 6) is 1.39. The molecule has 0 radical (unpaired) electrons. The molecule has 0 aliphatic heterocycles. The van der Waals surface area contributed by atoms with E-state index in [4.69, 9.17) is 17.3 Å². The van der Waals surface area contributed by atoms with Gasteiger partial charge < -0.3 is 5.73 Å². The molecule has 4 heteroatoms. The Morgan fingerprint density at radius 1 is 1.70 bits per heavy atom. The smallest absolute Gasteiger partial charge is 0.145 e. The average Bonchev–Trinajstić information content (AvgIpc) is 1.95. The van der Waals surface area contributed by atoms with Gasteiger partial charge in [-0.25, -0.2) is 9.97 Å². The molecule has 1 rings (SSSR count). The SMILES string of the molecule is Cc1cnc(CCl)nc1N.